The molecule has 0 bridgehead atoms. The first-order valence-corrected chi connectivity index (χ1v) is 11.2. The Morgan fingerprint density at radius 1 is 1.06 bits per heavy atom. The van der Waals surface area contributed by atoms with E-state index >= 15 is 0 Å². The van der Waals surface area contributed by atoms with Gasteiger partial charge in [0, 0.05) is 25.6 Å². The van der Waals surface area contributed by atoms with Crippen molar-refractivity contribution in [2.75, 3.05) is 24.5 Å². The zero-order valence-corrected chi connectivity index (χ0v) is 18.0. The lowest BCUT2D eigenvalue weighted by Gasteiger charge is -2.32. The highest BCUT2D eigenvalue weighted by atomic mass is 19.4. The average molecular weight is 441 g/mol. The molecule has 0 saturated carbocycles. The number of hydrogen-bond donors (Lipinski definition) is 1. The van der Waals surface area contributed by atoms with E-state index in [1.807, 2.05) is 4.90 Å². The summed E-state index contributed by atoms with van der Waals surface area (Å²) in [5.74, 6) is -0.693. The third kappa shape index (κ3) is 6.30. The third-order valence-electron chi connectivity index (χ3n) is 5.77. The van der Waals surface area contributed by atoms with Crippen LogP contribution in [-0.2, 0) is 11.0 Å². The van der Waals surface area contributed by atoms with Gasteiger partial charge in [-0.3, -0.25) is 4.79 Å². The Bertz CT molecular complexity index is 845. The minimum Gasteiger partial charge on any atom is -0.356 e. The Morgan fingerprint density at radius 2 is 1.74 bits per heavy atom. The fourth-order valence-electron chi connectivity index (χ4n) is 3.93. The second kappa shape index (κ2) is 10.8. The van der Waals surface area contributed by atoms with E-state index in [9.17, 15) is 18.0 Å². The minimum atomic E-state index is -4.62. The number of piperidine rings is 1. The van der Waals surface area contributed by atoms with Gasteiger partial charge in [-0.15, -0.1) is 15.3 Å². The fraction of sp³-hybridized carbons (Fsp3) is 0.714. The molecule has 31 heavy (non-hydrogen) atoms. The molecule has 0 aliphatic carbocycles. The Kier molecular flexibility index (Phi) is 8.09. The Morgan fingerprint density at radius 3 is 2.42 bits per heavy atom. The van der Waals surface area contributed by atoms with Crippen LogP contribution in [0.25, 0.3) is 5.65 Å². The van der Waals surface area contributed by atoms with Crippen molar-refractivity contribution in [3.63, 3.8) is 0 Å². The third-order valence-corrected chi connectivity index (χ3v) is 5.77. The number of rotatable bonds is 10. The first-order chi connectivity index (χ1) is 14.9. The molecule has 1 amide bonds. The molecule has 2 aromatic rings. The number of aromatic nitrogens is 4. The van der Waals surface area contributed by atoms with Crippen molar-refractivity contribution in [2.24, 2.45) is 5.92 Å². The van der Waals surface area contributed by atoms with Gasteiger partial charge in [0.2, 0.25) is 5.91 Å². The quantitative estimate of drug-likeness (QED) is 0.560. The molecule has 1 fully saturated rings. The number of unbranched alkanes of at least 4 members (excludes halogenated alkanes) is 6. The van der Waals surface area contributed by atoms with Crippen LogP contribution in [0.15, 0.2) is 12.1 Å². The summed E-state index contributed by atoms with van der Waals surface area (Å²) in [7, 11) is 0. The van der Waals surface area contributed by atoms with Crippen LogP contribution in [0, 0.1) is 5.92 Å². The maximum atomic E-state index is 13.1. The molecule has 2 aromatic heterocycles. The lowest BCUT2D eigenvalue weighted by atomic mass is 9.96. The summed E-state index contributed by atoms with van der Waals surface area (Å²) in [5.41, 5.74) is 0.0516. The van der Waals surface area contributed by atoms with Gasteiger partial charge in [0.05, 0.1) is 0 Å². The average Bonchev–Trinajstić information content (AvgIpc) is 3.19. The van der Waals surface area contributed by atoms with E-state index in [0.29, 0.717) is 38.3 Å². The number of hydrogen-bond acceptors (Lipinski definition) is 5. The van der Waals surface area contributed by atoms with Gasteiger partial charge in [-0.05, 0) is 31.4 Å². The van der Waals surface area contributed by atoms with Gasteiger partial charge in [0.15, 0.2) is 5.65 Å². The van der Waals surface area contributed by atoms with Gasteiger partial charge in [0.1, 0.15) is 5.82 Å². The molecule has 0 radical (unpaired) electrons. The Hall–Kier alpha value is -2.39. The van der Waals surface area contributed by atoms with Crippen LogP contribution < -0.4 is 10.2 Å². The summed E-state index contributed by atoms with van der Waals surface area (Å²) in [5, 5.41) is 13.9. The molecule has 0 aromatic carbocycles. The smallest absolute Gasteiger partial charge is 0.356 e. The van der Waals surface area contributed by atoms with Crippen molar-refractivity contribution in [3.05, 3.63) is 18.0 Å². The van der Waals surface area contributed by atoms with Crippen LogP contribution >= 0.6 is 0 Å². The predicted octanol–water partition coefficient (Wildman–Crippen LogP) is 4.23. The van der Waals surface area contributed by atoms with Crippen molar-refractivity contribution in [3.8, 4) is 0 Å². The van der Waals surface area contributed by atoms with Crippen LogP contribution in [0.1, 0.15) is 70.5 Å². The molecule has 172 valence electrons. The molecule has 7 nitrogen and oxygen atoms in total. The molecule has 10 heteroatoms. The summed E-state index contributed by atoms with van der Waals surface area (Å²) < 4.78 is 39.9. The van der Waals surface area contributed by atoms with Gasteiger partial charge in [-0.25, -0.2) is 0 Å². The van der Waals surface area contributed by atoms with Crippen molar-refractivity contribution in [2.45, 2.75) is 70.9 Å². The molecule has 0 spiro atoms. The second-order valence-electron chi connectivity index (χ2n) is 8.16. The van der Waals surface area contributed by atoms with E-state index in [-0.39, 0.29) is 17.5 Å². The monoisotopic (exact) mass is 440 g/mol. The van der Waals surface area contributed by atoms with Crippen molar-refractivity contribution in [1.82, 2.24) is 25.1 Å². The van der Waals surface area contributed by atoms with Gasteiger partial charge < -0.3 is 10.2 Å². The Balaban J connectivity index is 1.43. The summed E-state index contributed by atoms with van der Waals surface area (Å²) in [4.78, 5) is 14.3. The van der Waals surface area contributed by atoms with E-state index in [2.05, 4.69) is 27.5 Å². The minimum absolute atomic E-state index is 0.0516. The fourth-order valence-corrected chi connectivity index (χ4v) is 3.93. The highest BCUT2D eigenvalue weighted by Crippen LogP contribution is 2.28. The number of alkyl halides is 3. The van der Waals surface area contributed by atoms with Gasteiger partial charge in [0.25, 0.3) is 5.82 Å². The summed E-state index contributed by atoms with van der Waals surface area (Å²) >= 11 is 0. The number of carbonyl (C=O) groups is 1. The van der Waals surface area contributed by atoms with Crippen molar-refractivity contribution in [1.29, 1.82) is 0 Å². The molecule has 0 atom stereocenters. The molecular weight excluding hydrogens is 409 g/mol. The molecule has 0 unspecified atom stereocenters. The van der Waals surface area contributed by atoms with Crippen molar-refractivity contribution >= 4 is 17.4 Å². The maximum Gasteiger partial charge on any atom is 0.453 e. The van der Waals surface area contributed by atoms with Gasteiger partial charge in [-0.1, -0.05) is 45.4 Å². The summed E-state index contributed by atoms with van der Waals surface area (Å²) in [6.45, 7) is 4.05. The number of anilines is 1. The van der Waals surface area contributed by atoms with E-state index < -0.39 is 12.0 Å². The first-order valence-electron chi connectivity index (χ1n) is 11.2. The number of amides is 1. The first kappa shape index (κ1) is 23.3. The summed E-state index contributed by atoms with van der Waals surface area (Å²) in [6.07, 6.45) is 5.13. The highest BCUT2D eigenvalue weighted by Gasteiger charge is 2.38. The van der Waals surface area contributed by atoms with E-state index in [1.54, 1.807) is 6.07 Å². The normalized spacial score (nSPS) is 15.5. The molecule has 1 aliphatic heterocycles. The largest absolute Gasteiger partial charge is 0.453 e. The van der Waals surface area contributed by atoms with E-state index in [1.165, 1.54) is 38.2 Å². The SMILES string of the molecule is CCCCCCCCCNC(=O)C1CCN(c2ccc3nnc(C(F)(F)F)n3n2)CC1. The zero-order valence-electron chi connectivity index (χ0n) is 18.0. The van der Waals surface area contributed by atoms with Crippen LogP contribution in [0.4, 0.5) is 19.0 Å². The molecule has 3 rings (SSSR count). The second-order valence-corrected chi connectivity index (χ2v) is 8.16. The lowest BCUT2D eigenvalue weighted by molar-refractivity contribution is -0.146. The highest BCUT2D eigenvalue weighted by molar-refractivity contribution is 5.78. The zero-order chi connectivity index (χ0) is 22.3. The van der Waals surface area contributed by atoms with E-state index in [4.69, 9.17) is 0 Å². The number of halogens is 3. The standard InChI is InChI=1S/C21H31F3N6O/c1-2-3-4-5-6-7-8-13-25-19(31)16-11-14-29(15-12-16)18-10-9-17-26-27-20(21(22,23)24)30(17)28-18/h9-10,16H,2-8,11-15H2,1H3,(H,25,31). The number of nitrogens with one attached hydrogen (secondary N) is 1. The molecule has 3 heterocycles. The topological polar surface area (TPSA) is 75.4 Å². The predicted molar refractivity (Wildman–Crippen MR) is 112 cm³/mol. The molecule has 1 aliphatic rings. The molecule has 1 saturated heterocycles. The van der Waals surface area contributed by atoms with E-state index in [0.717, 1.165) is 17.4 Å². The molecular formula is C21H31F3N6O. The number of fused-ring (bicyclic) bond motifs is 1. The Labute approximate surface area is 180 Å². The lowest BCUT2D eigenvalue weighted by Crippen LogP contribution is -2.41. The summed E-state index contributed by atoms with van der Waals surface area (Å²) in [6, 6.07) is 3.12. The molecule has 1 N–H and O–H groups in total. The van der Waals surface area contributed by atoms with Crippen LogP contribution in [0.2, 0.25) is 0 Å². The number of carbonyl (C=O) groups excluding carboxylic acids is 1. The van der Waals surface area contributed by atoms with Gasteiger partial charge in [-0.2, -0.15) is 17.7 Å². The maximum absolute atomic E-state index is 13.1. The van der Waals surface area contributed by atoms with Crippen LogP contribution in [0.3, 0.4) is 0 Å². The van der Waals surface area contributed by atoms with Crippen LogP contribution in [-0.4, -0.2) is 45.4 Å². The number of nitrogens with zero attached hydrogens (tertiary/aromatic N) is 5. The van der Waals surface area contributed by atoms with Crippen molar-refractivity contribution < 1.29 is 18.0 Å². The van der Waals surface area contributed by atoms with Crippen LogP contribution in [0.5, 0.6) is 0 Å². The van der Waals surface area contributed by atoms with Gasteiger partial charge >= 0.3 is 6.18 Å².